The molecule has 0 spiro atoms. The Morgan fingerprint density at radius 3 is 2.20 bits per heavy atom. The van der Waals surface area contributed by atoms with Crippen LogP contribution >= 0.6 is 0 Å². The summed E-state index contributed by atoms with van der Waals surface area (Å²) < 4.78 is 0. The quantitative estimate of drug-likeness (QED) is 0.704. The van der Waals surface area contributed by atoms with Gasteiger partial charge in [0.05, 0.1) is 0 Å². The van der Waals surface area contributed by atoms with Gasteiger partial charge in [0, 0.05) is 12.1 Å². The van der Waals surface area contributed by atoms with Crippen molar-refractivity contribution < 1.29 is 0 Å². The first-order valence-corrected chi connectivity index (χ1v) is 6.78. The molecule has 15 heavy (non-hydrogen) atoms. The molecule has 1 saturated carbocycles. The largest absolute Gasteiger partial charge is 0.311 e. The second kappa shape index (κ2) is 5.89. The molecule has 2 unspecified atom stereocenters. The molecule has 2 atom stereocenters. The standard InChI is InChI=1S/C14H29N/c1-6-11(4)7-12(5)15-14-8-13(9-14)10(2)3/h10-15H,6-9H2,1-5H3. The lowest BCUT2D eigenvalue weighted by Gasteiger charge is -2.40. The topological polar surface area (TPSA) is 12.0 Å². The Balaban J connectivity index is 2.10. The lowest BCUT2D eigenvalue weighted by atomic mass is 9.73. The Bertz CT molecular complexity index is 170. The van der Waals surface area contributed by atoms with Crippen molar-refractivity contribution in [3.63, 3.8) is 0 Å². The van der Waals surface area contributed by atoms with Gasteiger partial charge in [-0.25, -0.2) is 0 Å². The fraction of sp³-hybridized carbons (Fsp3) is 1.00. The third-order valence-corrected chi connectivity index (χ3v) is 4.09. The van der Waals surface area contributed by atoms with Crippen LogP contribution in [0.3, 0.4) is 0 Å². The van der Waals surface area contributed by atoms with Crippen LogP contribution in [-0.4, -0.2) is 12.1 Å². The molecule has 0 aromatic rings. The highest BCUT2D eigenvalue weighted by molar-refractivity contribution is 4.88. The maximum atomic E-state index is 3.77. The maximum Gasteiger partial charge on any atom is 0.00750 e. The van der Waals surface area contributed by atoms with Crippen LogP contribution in [0.2, 0.25) is 0 Å². The van der Waals surface area contributed by atoms with Gasteiger partial charge in [0.1, 0.15) is 0 Å². The second-order valence-electron chi connectivity index (χ2n) is 5.99. The number of hydrogen-bond donors (Lipinski definition) is 1. The van der Waals surface area contributed by atoms with E-state index in [-0.39, 0.29) is 0 Å². The zero-order valence-corrected chi connectivity index (χ0v) is 11.2. The van der Waals surface area contributed by atoms with Crippen LogP contribution in [0.25, 0.3) is 0 Å². The molecule has 0 aromatic heterocycles. The van der Waals surface area contributed by atoms with E-state index in [4.69, 9.17) is 0 Å². The van der Waals surface area contributed by atoms with Crippen LogP contribution in [0.5, 0.6) is 0 Å². The summed E-state index contributed by atoms with van der Waals surface area (Å²) >= 11 is 0. The van der Waals surface area contributed by atoms with Gasteiger partial charge in [-0.1, -0.05) is 34.1 Å². The minimum atomic E-state index is 0.707. The van der Waals surface area contributed by atoms with E-state index in [0.717, 1.165) is 23.8 Å². The van der Waals surface area contributed by atoms with Gasteiger partial charge < -0.3 is 5.32 Å². The molecule has 1 aliphatic rings. The van der Waals surface area contributed by atoms with Crippen LogP contribution < -0.4 is 5.32 Å². The molecule has 90 valence electrons. The van der Waals surface area contributed by atoms with Crippen molar-refractivity contribution in [1.29, 1.82) is 0 Å². The molecular formula is C14H29N. The predicted octanol–water partition coefficient (Wildman–Crippen LogP) is 3.84. The summed E-state index contributed by atoms with van der Waals surface area (Å²) in [6, 6.07) is 1.52. The van der Waals surface area contributed by atoms with Gasteiger partial charge in [-0.05, 0) is 43.9 Å². The molecule has 1 heteroatoms. The van der Waals surface area contributed by atoms with Gasteiger partial charge in [-0.15, -0.1) is 0 Å². The molecule has 1 nitrogen and oxygen atoms in total. The van der Waals surface area contributed by atoms with Crippen molar-refractivity contribution in [1.82, 2.24) is 5.32 Å². The molecule has 1 N–H and O–H groups in total. The minimum absolute atomic E-state index is 0.707. The Morgan fingerprint density at radius 1 is 1.13 bits per heavy atom. The zero-order valence-electron chi connectivity index (χ0n) is 11.2. The fourth-order valence-electron chi connectivity index (χ4n) is 2.58. The van der Waals surface area contributed by atoms with Crippen molar-refractivity contribution in [2.24, 2.45) is 17.8 Å². The second-order valence-corrected chi connectivity index (χ2v) is 5.99. The Kier molecular flexibility index (Phi) is 5.11. The van der Waals surface area contributed by atoms with Crippen molar-refractivity contribution in [2.45, 2.75) is 72.4 Å². The van der Waals surface area contributed by atoms with Gasteiger partial charge in [0.2, 0.25) is 0 Å². The molecule has 1 fully saturated rings. The van der Waals surface area contributed by atoms with Crippen LogP contribution in [0.4, 0.5) is 0 Å². The number of rotatable bonds is 6. The summed E-state index contributed by atoms with van der Waals surface area (Å²) in [4.78, 5) is 0. The summed E-state index contributed by atoms with van der Waals surface area (Å²) in [5.41, 5.74) is 0. The summed E-state index contributed by atoms with van der Waals surface area (Å²) in [5.74, 6) is 2.74. The Labute approximate surface area is 96.0 Å². The van der Waals surface area contributed by atoms with Gasteiger partial charge in [-0.2, -0.15) is 0 Å². The first-order chi connectivity index (χ1) is 7.02. The number of nitrogens with one attached hydrogen (secondary N) is 1. The SMILES string of the molecule is CCC(C)CC(C)NC1CC(C(C)C)C1. The average molecular weight is 211 g/mol. The lowest BCUT2D eigenvalue weighted by molar-refractivity contribution is 0.155. The summed E-state index contributed by atoms with van der Waals surface area (Å²) in [7, 11) is 0. The van der Waals surface area contributed by atoms with E-state index in [0.29, 0.717) is 6.04 Å². The van der Waals surface area contributed by atoms with Crippen molar-refractivity contribution >= 4 is 0 Å². The van der Waals surface area contributed by atoms with Crippen LogP contribution in [0.15, 0.2) is 0 Å². The number of hydrogen-bond acceptors (Lipinski definition) is 1. The molecule has 1 rings (SSSR count). The van der Waals surface area contributed by atoms with Gasteiger partial charge in [-0.3, -0.25) is 0 Å². The van der Waals surface area contributed by atoms with E-state index in [2.05, 4.69) is 39.9 Å². The molecule has 0 amide bonds. The highest BCUT2D eigenvalue weighted by Crippen LogP contribution is 2.34. The van der Waals surface area contributed by atoms with E-state index in [1.807, 2.05) is 0 Å². The average Bonchev–Trinajstić information content (AvgIpc) is 2.09. The van der Waals surface area contributed by atoms with Crippen LogP contribution in [0.1, 0.15) is 60.3 Å². The normalized spacial score (nSPS) is 30.0. The van der Waals surface area contributed by atoms with E-state index in [1.165, 1.54) is 25.7 Å². The van der Waals surface area contributed by atoms with Crippen molar-refractivity contribution in [2.75, 3.05) is 0 Å². The summed E-state index contributed by atoms with van der Waals surface area (Å²) in [6.07, 6.45) is 5.45. The lowest BCUT2D eigenvalue weighted by Crippen LogP contribution is -2.47. The third-order valence-electron chi connectivity index (χ3n) is 4.09. The molecule has 0 saturated heterocycles. The first-order valence-electron chi connectivity index (χ1n) is 6.78. The minimum Gasteiger partial charge on any atom is -0.311 e. The molecule has 0 radical (unpaired) electrons. The molecular weight excluding hydrogens is 182 g/mol. The Hall–Kier alpha value is -0.0400. The fourth-order valence-corrected chi connectivity index (χ4v) is 2.58. The van der Waals surface area contributed by atoms with Gasteiger partial charge >= 0.3 is 0 Å². The predicted molar refractivity (Wildman–Crippen MR) is 68.0 cm³/mol. The molecule has 0 heterocycles. The molecule has 0 aliphatic heterocycles. The smallest absolute Gasteiger partial charge is 0.00750 e. The monoisotopic (exact) mass is 211 g/mol. The highest BCUT2D eigenvalue weighted by Gasteiger charge is 2.31. The van der Waals surface area contributed by atoms with E-state index >= 15 is 0 Å². The summed E-state index contributed by atoms with van der Waals surface area (Å²) in [5, 5.41) is 3.77. The Morgan fingerprint density at radius 2 is 1.73 bits per heavy atom. The van der Waals surface area contributed by atoms with Crippen molar-refractivity contribution in [3.05, 3.63) is 0 Å². The first kappa shape index (κ1) is 13.0. The zero-order chi connectivity index (χ0) is 11.4. The van der Waals surface area contributed by atoms with E-state index in [1.54, 1.807) is 0 Å². The highest BCUT2D eigenvalue weighted by atomic mass is 15.0. The maximum absolute atomic E-state index is 3.77. The summed E-state index contributed by atoms with van der Waals surface area (Å²) in [6.45, 7) is 11.7. The third kappa shape index (κ3) is 4.14. The van der Waals surface area contributed by atoms with Crippen LogP contribution in [0, 0.1) is 17.8 Å². The van der Waals surface area contributed by atoms with Gasteiger partial charge in [0.15, 0.2) is 0 Å². The van der Waals surface area contributed by atoms with Crippen LogP contribution in [-0.2, 0) is 0 Å². The molecule has 1 aliphatic carbocycles. The van der Waals surface area contributed by atoms with E-state index < -0.39 is 0 Å². The van der Waals surface area contributed by atoms with Crippen molar-refractivity contribution in [3.8, 4) is 0 Å². The molecule has 0 bridgehead atoms. The van der Waals surface area contributed by atoms with Gasteiger partial charge in [0.25, 0.3) is 0 Å². The van der Waals surface area contributed by atoms with E-state index in [9.17, 15) is 0 Å². The molecule has 0 aromatic carbocycles.